The standard InChI is InChI=1S/C13H22BrNS2/c1-4-10(15)13(16-8-7-9(2)3)11-5-6-12(14)17-11/h5-6,9-10,13H,4,7-8,15H2,1-3H3. The van der Waals surface area contributed by atoms with Crippen LogP contribution < -0.4 is 5.73 Å². The highest BCUT2D eigenvalue weighted by Gasteiger charge is 2.20. The van der Waals surface area contributed by atoms with Gasteiger partial charge in [-0.25, -0.2) is 0 Å². The maximum atomic E-state index is 6.25. The largest absolute Gasteiger partial charge is 0.326 e. The lowest BCUT2D eigenvalue weighted by molar-refractivity contribution is 0.620. The fourth-order valence-corrected chi connectivity index (χ4v) is 4.92. The Bertz CT molecular complexity index is 325. The van der Waals surface area contributed by atoms with Gasteiger partial charge in [0.1, 0.15) is 0 Å². The molecule has 0 spiro atoms. The summed E-state index contributed by atoms with van der Waals surface area (Å²) in [5.41, 5.74) is 6.25. The highest BCUT2D eigenvalue weighted by molar-refractivity contribution is 9.11. The van der Waals surface area contributed by atoms with Gasteiger partial charge in [-0.15, -0.1) is 11.3 Å². The third-order valence-electron chi connectivity index (χ3n) is 2.73. The minimum Gasteiger partial charge on any atom is -0.326 e. The minimum atomic E-state index is 0.262. The van der Waals surface area contributed by atoms with Gasteiger partial charge in [-0.2, -0.15) is 11.8 Å². The van der Waals surface area contributed by atoms with Crippen molar-refractivity contribution in [2.45, 2.75) is 44.9 Å². The second kappa shape index (κ2) is 7.82. The number of hydrogen-bond donors (Lipinski definition) is 1. The van der Waals surface area contributed by atoms with Gasteiger partial charge in [0.05, 0.1) is 9.04 Å². The van der Waals surface area contributed by atoms with Crippen molar-refractivity contribution in [1.29, 1.82) is 0 Å². The fraction of sp³-hybridized carbons (Fsp3) is 0.692. The lowest BCUT2D eigenvalue weighted by Gasteiger charge is -2.21. The van der Waals surface area contributed by atoms with Gasteiger partial charge < -0.3 is 5.73 Å². The van der Waals surface area contributed by atoms with E-state index in [0.717, 1.165) is 12.3 Å². The molecule has 2 atom stereocenters. The second-order valence-electron chi connectivity index (χ2n) is 4.69. The summed E-state index contributed by atoms with van der Waals surface area (Å²) in [7, 11) is 0. The fourth-order valence-electron chi connectivity index (χ4n) is 1.54. The molecule has 0 aliphatic carbocycles. The molecule has 0 aromatic carbocycles. The topological polar surface area (TPSA) is 26.0 Å². The molecular weight excluding hydrogens is 314 g/mol. The van der Waals surface area contributed by atoms with Crippen LogP contribution in [0.2, 0.25) is 0 Å². The molecule has 1 nitrogen and oxygen atoms in total. The van der Waals surface area contributed by atoms with Gasteiger partial charge >= 0.3 is 0 Å². The zero-order valence-corrected chi connectivity index (χ0v) is 14.0. The Morgan fingerprint density at radius 2 is 2.12 bits per heavy atom. The molecule has 0 fully saturated rings. The van der Waals surface area contributed by atoms with Crippen LogP contribution in [0, 0.1) is 5.92 Å². The Hall–Kier alpha value is 0.490. The van der Waals surface area contributed by atoms with Crippen molar-refractivity contribution < 1.29 is 0 Å². The Balaban J connectivity index is 2.61. The van der Waals surface area contributed by atoms with Crippen molar-refractivity contribution >= 4 is 39.0 Å². The summed E-state index contributed by atoms with van der Waals surface area (Å²) >= 11 is 7.36. The molecule has 0 saturated carbocycles. The summed E-state index contributed by atoms with van der Waals surface area (Å²) in [6.45, 7) is 6.72. The number of thioether (sulfide) groups is 1. The molecule has 0 aliphatic heterocycles. The van der Waals surface area contributed by atoms with Crippen LogP contribution in [0.25, 0.3) is 0 Å². The lowest BCUT2D eigenvalue weighted by Crippen LogP contribution is -2.25. The maximum absolute atomic E-state index is 6.25. The van der Waals surface area contributed by atoms with Crippen LogP contribution >= 0.6 is 39.0 Å². The van der Waals surface area contributed by atoms with Gasteiger partial charge in [-0.3, -0.25) is 0 Å². The molecule has 0 saturated heterocycles. The molecule has 1 aromatic rings. The van der Waals surface area contributed by atoms with Crippen molar-refractivity contribution in [2.24, 2.45) is 11.7 Å². The maximum Gasteiger partial charge on any atom is 0.0701 e. The zero-order chi connectivity index (χ0) is 12.8. The van der Waals surface area contributed by atoms with Crippen molar-refractivity contribution in [3.8, 4) is 0 Å². The molecule has 2 N–H and O–H groups in total. The first-order chi connectivity index (χ1) is 8.04. The highest BCUT2D eigenvalue weighted by Crippen LogP contribution is 2.38. The number of nitrogens with two attached hydrogens (primary N) is 1. The van der Waals surface area contributed by atoms with Crippen molar-refractivity contribution in [3.63, 3.8) is 0 Å². The van der Waals surface area contributed by atoms with Crippen LogP contribution in [0.4, 0.5) is 0 Å². The van der Waals surface area contributed by atoms with E-state index >= 15 is 0 Å². The molecule has 0 radical (unpaired) electrons. The van der Waals surface area contributed by atoms with Crippen molar-refractivity contribution in [3.05, 3.63) is 20.8 Å². The monoisotopic (exact) mass is 335 g/mol. The molecule has 0 bridgehead atoms. The van der Waals surface area contributed by atoms with E-state index < -0.39 is 0 Å². The van der Waals surface area contributed by atoms with Crippen LogP contribution in [0.1, 0.15) is 43.7 Å². The summed E-state index contributed by atoms with van der Waals surface area (Å²) in [5, 5.41) is 0.454. The van der Waals surface area contributed by atoms with Gasteiger partial charge in [-0.1, -0.05) is 20.8 Å². The van der Waals surface area contributed by atoms with E-state index in [0.29, 0.717) is 5.25 Å². The van der Waals surface area contributed by atoms with E-state index in [1.54, 1.807) is 0 Å². The van der Waals surface area contributed by atoms with Crippen molar-refractivity contribution in [2.75, 3.05) is 5.75 Å². The van der Waals surface area contributed by atoms with E-state index in [9.17, 15) is 0 Å². The van der Waals surface area contributed by atoms with E-state index in [2.05, 4.69) is 48.8 Å². The Morgan fingerprint density at radius 3 is 2.59 bits per heavy atom. The third-order valence-corrected chi connectivity index (χ3v) is 6.02. The lowest BCUT2D eigenvalue weighted by atomic mass is 10.1. The Labute approximate surface area is 122 Å². The summed E-state index contributed by atoms with van der Waals surface area (Å²) in [4.78, 5) is 1.40. The number of halogens is 1. The summed E-state index contributed by atoms with van der Waals surface area (Å²) in [5.74, 6) is 1.97. The molecule has 2 unspecified atom stereocenters. The van der Waals surface area contributed by atoms with Gasteiger partial charge in [0.15, 0.2) is 0 Å². The first-order valence-electron chi connectivity index (χ1n) is 6.17. The van der Waals surface area contributed by atoms with Crippen LogP contribution in [-0.4, -0.2) is 11.8 Å². The molecule has 1 rings (SSSR count). The molecule has 0 aliphatic rings. The van der Waals surface area contributed by atoms with E-state index in [1.165, 1.54) is 20.8 Å². The van der Waals surface area contributed by atoms with E-state index in [-0.39, 0.29) is 6.04 Å². The second-order valence-corrected chi connectivity index (χ2v) is 8.43. The van der Waals surface area contributed by atoms with E-state index in [4.69, 9.17) is 5.73 Å². The number of rotatable bonds is 7. The van der Waals surface area contributed by atoms with Crippen LogP contribution in [0.3, 0.4) is 0 Å². The van der Waals surface area contributed by atoms with Gasteiger partial charge in [0.25, 0.3) is 0 Å². The molecule has 4 heteroatoms. The molecule has 1 heterocycles. The molecule has 17 heavy (non-hydrogen) atoms. The summed E-state index contributed by atoms with van der Waals surface area (Å²) in [6.07, 6.45) is 2.30. The predicted molar refractivity (Wildman–Crippen MR) is 84.9 cm³/mol. The molecule has 1 aromatic heterocycles. The summed E-state index contributed by atoms with van der Waals surface area (Å²) < 4.78 is 1.20. The van der Waals surface area contributed by atoms with E-state index in [1.807, 2.05) is 23.1 Å². The van der Waals surface area contributed by atoms with Crippen LogP contribution in [0.15, 0.2) is 15.9 Å². The predicted octanol–water partition coefficient (Wildman–Crippen LogP) is 5.07. The smallest absolute Gasteiger partial charge is 0.0701 e. The Morgan fingerprint density at radius 1 is 1.41 bits per heavy atom. The third kappa shape index (κ3) is 5.33. The minimum absolute atomic E-state index is 0.262. The summed E-state index contributed by atoms with van der Waals surface area (Å²) in [6, 6.07) is 4.59. The number of thiophene rings is 1. The van der Waals surface area contributed by atoms with Crippen LogP contribution in [0.5, 0.6) is 0 Å². The number of hydrogen-bond acceptors (Lipinski definition) is 3. The Kier molecular flexibility index (Phi) is 7.15. The molecule has 98 valence electrons. The van der Waals surface area contributed by atoms with Gasteiger partial charge in [0, 0.05) is 10.9 Å². The first kappa shape index (κ1) is 15.5. The zero-order valence-electron chi connectivity index (χ0n) is 10.8. The highest BCUT2D eigenvalue weighted by atomic mass is 79.9. The van der Waals surface area contributed by atoms with Gasteiger partial charge in [0.2, 0.25) is 0 Å². The normalized spacial score (nSPS) is 15.2. The molecular formula is C13H22BrNS2. The first-order valence-corrected chi connectivity index (χ1v) is 8.82. The average Bonchev–Trinajstić information content (AvgIpc) is 2.69. The SMILES string of the molecule is CCC(N)C(SCCC(C)C)c1ccc(Br)s1. The van der Waals surface area contributed by atoms with Gasteiger partial charge in [-0.05, 0) is 52.6 Å². The average molecular weight is 336 g/mol. The van der Waals surface area contributed by atoms with Crippen molar-refractivity contribution in [1.82, 2.24) is 0 Å². The van der Waals surface area contributed by atoms with Crippen LogP contribution in [-0.2, 0) is 0 Å². The quantitative estimate of drug-likeness (QED) is 0.752. The molecule has 0 amide bonds.